The van der Waals surface area contributed by atoms with Gasteiger partial charge in [-0.15, -0.1) is 0 Å². The summed E-state index contributed by atoms with van der Waals surface area (Å²) in [7, 11) is 0. The fourth-order valence-corrected chi connectivity index (χ4v) is 1.35. The van der Waals surface area contributed by atoms with Gasteiger partial charge in [0.2, 0.25) is 5.15 Å². The summed E-state index contributed by atoms with van der Waals surface area (Å²) in [5.41, 5.74) is 0.503. The van der Waals surface area contributed by atoms with Gasteiger partial charge in [0.1, 0.15) is 0 Å². The van der Waals surface area contributed by atoms with Gasteiger partial charge in [-0.3, -0.25) is 4.98 Å². The van der Waals surface area contributed by atoms with Crippen LogP contribution in [0.5, 0.6) is 0 Å². The third kappa shape index (κ3) is 1.07. The lowest BCUT2D eigenvalue weighted by molar-refractivity contribution is -0.349. The van der Waals surface area contributed by atoms with Gasteiger partial charge in [0.05, 0.1) is 0 Å². The third-order valence-corrected chi connectivity index (χ3v) is 1.81. The molecule has 0 unspecified atom stereocenters. The number of aromatic nitrogens is 4. The van der Waals surface area contributed by atoms with E-state index in [2.05, 4.69) is 19.9 Å². The Balaban J connectivity index is 2.97. The number of imidazole rings is 1. The molecule has 0 aliphatic rings. The van der Waals surface area contributed by atoms with Crippen LogP contribution in [0.3, 0.4) is 0 Å². The first-order valence-corrected chi connectivity index (χ1v) is 3.79. The SMILES string of the molecule is O=c1[nH]c2[nH+]c(Cl)nc(Cl)c2[nH]1. The maximum Gasteiger partial charge on any atom is 0.382 e. The van der Waals surface area contributed by atoms with Crippen molar-refractivity contribution in [1.29, 1.82) is 0 Å². The summed E-state index contributed by atoms with van der Waals surface area (Å²) >= 11 is 11.2. The van der Waals surface area contributed by atoms with E-state index in [9.17, 15) is 4.79 Å². The summed E-state index contributed by atoms with van der Waals surface area (Å²) in [6.45, 7) is 0. The number of aromatic amines is 3. The Morgan fingerprint density at radius 2 is 2.08 bits per heavy atom. The molecule has 2 heterocycles. The zero-order valence-electron chi connectivity index (χ0n) is 5.61. The Bertz CT molecular complexity index is 488. The van der Waals surface area contributed by atoms with E-state index in [1.807, 2.05) is 0 Å². The molecule has 2 aromatic rings. The second kappa shape index (κ2) is 2.46. The van der Waals surface area contributed by atoms with Crippen LogP contribution in [-0.2, 0) is 0 Å². The number of halogens is 2. The predicted octanol–water partition coefficient (Wildman–Crippen LogP) is 0.372. The van der Waals surface area contributed by atoms with Crippen LogP contribution >= 0.6 is 23.2 Å². The predicted molar refractivity (Wildman–Crippen MR) is 43.3 cm³/mol. The molecule has 0 saturated heterocycles. The van der Waals surface area contributed by atoms with Crippen molar-refractivity contribution in [2.45, 2.75) is 0 Å². The average Bonchev–Trinajstić information content (AvgIpc) is 2.29. The number of nitrogens with one attached hydrogen (secondary N) is 3. The van der Waals surface area contributed by atoms with Crippen LogP contribution < -0.4 is 10.7 Å². The fraction of sp³-hybridized carbons (Fsp3) is 0. The van der Waals surface area contributed by atoms with E-state index in [0.717, 1.165) is 0 Å². The molecule has 3 N–H and O–H groups in total. The molecule has 2 rings (SSSR count). The molecule has 0 fully saturated rings. The minimum Gasteiger partial charge on any atom is -0.285 e. The Labute approximate surface area is 75.7 Å². The second-order valence-corrected chi connectivity index (χ2v) is 2.86. The van der Waals surface area contributed by atoms with E-state index >= 15 is 0 Å². The number of fused-ring (bicyclic) bond motifs is 1. The molecule has 0 aromatic carbocycles. The van der Waals surface area contributed by atoms with Crippen molar-refractivity contribution in [2.24, 2.45) is 0 Å². The zero-order valence-corrected chi connectivity index (χ0v) is 7.12. The molecule has 0 bridgehead atoms. The van der Waals surface area contributed by atoms with E-state index < -0.39 is 0 Å². The minimum absolute atomic E-state index is 0.128. The van der Waals surface area contributed by atoms with Gasteiger partial charge in [-0.1, -0.05) is 4.98 Å². The van der Waals surface area contributed by atoms with Gasteiger partial charge in [-0.25, -0.2) is 14.8 Å². The highest BCUT2D eigenvalue weighted by Crippen LogP contribution is 2.13. The van der Waals surface area contributed by atoms with Crippen molar-refractivity contribution < 1.29 is 4.98 Å². The summed E-state index contributed by atoms with van der Waals surface area (Å²) in [6, 6.07) is 0. The quantitative estimate of drug-likeness (QED) is 0.482. The molecular formula is C5H3Cl2N4O+. The summed E-state index contributed by atoms with van der Waals surface area (Å²) in [5, 5.41) is 0.287. The molecule has 0 spiro atoms. The van der Waals surface area contributed by atoms with Gasteiger partial charge in [0.15, 0.2) is 5.52 Å². The Morgan fingerprint density at radius 3 is 2.83 bits per heavy atom. The Hall–Kier alpha value is -1.07. The minimum atomic E-state index is -0.354. The van der Waals surface area contributed by atoms with E-state index in [-0.39, 0.29) is 16.1 Å². The molecule has 2 aromatic heterocycles. The molecule has 0 aliphatic carbocycles. The van der Waals surface area contributed by atoms with Gasteiger partial charge in [-0.05, 0) is 23.2 Å². The molecule has 0 aliphatic heterocycles. The lowest BCUT2D eigenvalue weighted by Crippen LogP contribution is -2.08. The molecule has 0 atom stereocenters. The maximum absolute atomic E-state index is 10.8. The molecule has 0 amide bonds. The van der Waals surface area contributed by atoms with Gasteiger partial charge < -0.3 is 0 Å². The largest absolute Gasteiger partial charge is 0.382 e. The topological polar surface area (TPSA) is 75.7 Å². The highest BCUT2D eigenvalue weighted by atomic mass is 35.5. The van der Waals surface area contributed by atoms with Crippen LogP contribution in [0.15, 0.2) is 4.79 Å². The van der Waals surface area contributed by atoms with Gasteiger partial charge in [0, 0.05) is 0 Å². The van der Waals surface area contributed by atoms with Crippen molar-refractivity contribution in [3.63, 3.8) is 0 Å². The molecule has 12 heavy (non-hydrogen) atoms. The van der Waals surface area contributed by atoms with Crippen molar-refractivity contribution >= 4 is 34.4 Å². The monoisotopic (exact) mass is 205 g/mol. The summed E-state index contributed by atoms with van der Waals surface area (Å²) in [5.74, 6) is 0. The van der Waals surface area contributed by atoms with Crippen LogP contribution in [0, 0.1) is 0 Å². The van der Waals surface area contributed by atoms with E-state index in [0.29, 0.717) is 11.2 Å². The van der Waals surface area contributed by atoms with Crippen molar-refractivity contribution in [1.82, 2.24) is 15.0 Å². The van der Waals surface area contributed by atoms with Gasteiger partial charge >= 0.3 is 11.0 Å². The number of hydrogen-bond acceptors (Lipinski definition) is 2. The molecular weight excluding hydrogens is 203 g/mol. The van der Waals surface area contributed by atoms with E-state index in [4.69, 9.17) is 23.2 Å². The molecule has 5 nitrogen and oxygen atoms in total. The molecule has 62 valence electrons. The molecule has 0 radical (unpaired) electrons. The lowest BCUT2D eigenvalue weighted by atomic mass is 10.6. The maximum atomic E-state index is 10.8. The van der Waals surface area contributed by atoms with E-state index in [1.54, 1.807) is 0 Å². The smallest absolute Gasteiger partial charge is 0.285 e. The molecule has 7 heteroatoms. The standard InChI is InChI=1S/C5H2Cl2N4O/c6-2-1-3(10-4(7)9-2)11-5(12)8-1/h(H2,8,9,10,11,12)/p+1. The van der Waals surface area contributed by atoms with Crippen LogP contribution in [-0.4, -0.2) is 15.0 Å². The normalized spacial score (nSPS) is 10.8. The van der Waals surface area contributed by atoms with Crippen LogP contribution in [0.1, 0.15) is 0 Å². The number of hydrogen-bond donors (Lipinski definition) is 2. The first-order valence-electron chi connectivity index (χ1n) is 3.03. The lowest BCUT2D eigenvalue weighted by Gasteiger charge is -1.84. The van der Waals surface area contributed by atoms with Gasteiger partial charge in [-0.2, -0.15) is 0 Å². The number of H-pyrrole nitrogens is 3. The average molecular weight is 206 g/mol. The van der Waals surface area contributed by atoms with Crippen molar-refractivity contribution in [3.8, 4) is 0 Å². The van der Waals surface area contributed by atoms with Gasteiger partial charge in [0.25, 0.3) is 5.65 Å². The van der Waals surface area contributed by atoms with Crippen LogP contribution in [0.2, 0.25) is 10.4 Å². The Kier molecular flexibility index (Phi) is 1.55. The summed E-state index contributed by atoms with van der Waals surface area (Å²) in [6.07, 6.45) is 0. The van der Waals surface area contributed by atoms with Crippen LogP contribution in [0.25, 0.3) is 11.2 Å². The third-order valence-electron chi connectivity index (χ3n) is 1.36. The zero-order chi connectivity index (χ0) is 8.72. The summed E-state index contributed by atoms with van der Waals surface area (Å²) < 4.78 is 0. The highest BCUT2D eigenvalue weighted by Gasteiger charge is 2.13. The van der Waals surface area contributed by atoms with E-state index in [1.165, 1.54) is 0 Å². The highest BCUT2D eigenvalue weighted by molar-refractivity contribution is 6.34. The fourth-order valence-electron chi connectivity index (χ4n) is 0.905. The van der Waals surface area contributed by atoms with Crippen molar-refractivity contribution in [2.75, 3.05) is 0 Å². The first kappa shape index (κ1) is 7.57. The summed E-state index contributed by atoms with van der Waals surface area (Å²) in [4.78, 5) is 22.0. The number of nitrogens with zero attached hydrogens (tertiary/aromatic N) is 1. The Morgan fingerprint density at radius 1 is 1.33 bits per heavy atom. The first-order chi connectivity index (χ1) is 5.66. The van der Waals surface area contributed by atoms with Crippen LogP contribution in [0.4, 0.5) is 0 Å². The molecule has 0 saturated carbocycles. The number of rotatable bonds is 0. The second-order valence-electron chi connectivity index (χ2n) is 2.15. The van der Waals surface area contributed by atoms with Crippen molar-refractivity contribution in [3.05, 3.63) is 20.9 Å².